The molecule has 138 valence electrons. The number of thiol groups is 1. The number of hydrogen-bond donors (Lipinski definition) is 2. The van der Waals surface area contributed by atoms with Crippen LogP contribution in [0.4, 0.5) is 10.1 Å². The summed E-state index contributed by atoms with van der Waals surface area (Å²) in [7, 11) is 0. The number of nitrogens with two attached hydrogens (primary N) is 1. The molecule has 0 atom stereocenters. The third-order valence-electron chi connectivity index (χ3n) is 3.61. The van der Waals surface area contributed by atoms with Crippen molar-refractivity contribution in [2.45, 2.75) is 26.8 Å². The van der Waals surface area contributed by atoms with Gasteiger partial charge in [-0.2, -0.15) is 17.7 Å². The van der Waals surface area contributed by atoms with E-state index >= 15 is 0 Å². The molecule has 3 aromatic rings. The smallest absolute Gasteiger partial charge is 0.250 e. The van der Waals surface area contributed by atoms with Crippen molar-refractivity contribution in [3.63, 3.8) is 0 Å². The highest BCUT2D eigenvalue weighted by Gasteiger charge is 2.07. The number of benzene rings is 1. The fraction of sp³-hybridized carbons (Fsp3) is 0.263. The molecule has 2 N–H and O–H groups in total. The van der Waals surface area contributed by atoms with Crippen molar-refractivity contribution < 1.29 is 4.39 Å². The second kappa shape index (κ2) is 9.24. The summed E-state index contributed by atoms with van der Waals surface area (Å²) < 4.78 is 16.9. The zero-order valence-corrected chi connectivity index (χ0v) is 15.8. The largest absolute Gasteiger partial charge is 0.396 e. The predicted molar refractivity (Wildman–Crippen MR) is 107 cm³/mol. The first-order valence-corrected chi connectivity index (χ1v) is 9.05. The normalized spacial score (nSPS) is 10.3. The average Bonchev–Trinajstić information content (AvgIpc) is 3.10. The molecule has 1 aromatic carbocycles. The molecule has 0 aliphatic rings. The van der Waals surface area contributed by atoms with E-state index in [0.29, 0.717) is 12.1 Å². The molecular weight excluding hydrogens is 351 g/mol. The van der Waals surface area contributed by atoms with Crippen LogP contribution in [0.2, 0.25) is 0 Å². The highest BCUT2D eigenvalue weighted by Crippen LogP contribution is 2.23. The molecule has 0 amide bonds. The van der Waals surface area contributed by atoms with Gasteiger partial charge < -0.3 is 10.3 Å². The molecule has 0 aliphatic heterocycles. The van der Waals surface area contributed by atoms with Gasteiger partial charge in [-0.15, -0.1) is 0 Å². The van der Waals surface area contributed by atoms with Crippen LogP contribution in [0.1, 0.15) is 20.3 Å². The van der Waals surface area contributed by atoms with Crippen LogP contribution < -0.4 is 11.3 Å². The van der Waals surface area contributed by atoms with E-state index < -0.39 is 5.82 Å². The molecule has 5 nitrogen and oxygen atoms in total. The van der Waals surface area contributed by atoms with Gasteiger partial charge in [0.05, 0.1) is 17.6 Å². The molecule has 26 heavy (non-hydrogen) atoms. The van der Waals surface area contributed by atoms with Crippen molar-refractivity contribution in [3.05, 3.63) is 65.1 Å². The van der Waals surface area contributed by atoms with E-state index in [-0.39, 0.29) is 11.2 Å². The molecule has 0 radical (unpaired) electrons. The van der Waals surface area contributed by atoms with Crippen LogP contribution in [0.25, 0.3) is 16.8 Å². The van der Waals surface area contributed by atoms with E-state index in [0.717, 1.165) is 23.4 Å². The minimum absolute atomic E-state index is 0.0383. The van der Waals surface area contributed by atoms with Gasteiger partial charge in [0.1, 0.15) is 5.82 Å². The van der Waals surface area contributed by atoms with Crippen LogP contribution in [0.5, 0.6) is 0 Å². The molecule has 0 saturated heterocycles. The lowest BCUT2D eigenvalue weighted by molar-refractivity contribution is 0.633. The second-order valence-electron chi connectivity index (χ2n) is 5.65. The predicted octanol–water partition coefficient (Wildman–Crippen LogP) is 3.77. The first kappa shape index (κ1) is 19.8. The van der Waals surface area contributed by atoms with Crippen molar-refractivity contribution in [1.29, 1.82) is 0 Å². The number of pyridine rings is 1. The molecule has 2 heterocycles. The van der Waals surface area contributed by atoms with Crippen LogP contribution in [0, 0.1) is 5.82 Å². The van der Waals surface area contributed by atoms with Gasteiger partial charge in [-0.3, -0.25) is 4.79 Å². The molecule has 0 spiro atoms. The number of halogens is 1. The van der Waals surface area contributed by atoms with E-state index in [1.165, 1.54) is 18.2 Å². The number of aromatic nitrogens is 3. The fourth-order valence-electron chi connectivity index (χ4n) is 2.39. The third-order valence-corrected chi connectivity index (χ3v) is 3.61. The molecule has 7 heteroatoms. The Bertz CT molecular complexity index is 920. The SMILES string of the molecule is CCCn1cc(-n2cc(-c3ccc(N)c(F)c3)cn2)ccc1=O.CCS. The van der Waals surface area contributed by atoms with Crippen molar-refractivity contribution in [2.75, 3.05) is 11.5 Å². The summed E-state index contributed by atoms with van der Waals surface area (Å²) in [5.41, 5.74) is 7.83. The van der Waals surface area contributed by atoms with Crippen molar-refractivity contribution in [2.24, 2.45) is 0 Å². The van der Waals surface area contributed by atoms with Crippen molar-refractivity contribution in [3.8, 4) is 16.8 Å². The summed E-state index contributed by atoms with van der Waals surface area (Å²) in [5, 5.41) is 4.29. The first-order valence-electron chi connectivity index (χ1n) is 8.42. The van der Waals surface area contributed by atoms with Crippen LogP contribution >= 0.6 is 12.6 Å². The summed E-state index contributed by atoms with van der Waals surface area (Å²) in [6, 6.07) is 7.90. The Morgan fingerprint density at radius 1 is 1.15 bits per heavy atom. The summed E-state index contributed by atoms with van der Waals surface area (Å²) in [6.45, 7) is 4.66. The van der Waals surface area contributed by atoms with Crippen LogP contribution in [0.3, 0.4) is 0 Å². The summed E-state index contributed by atoms with van der Waals surface area (Å²) in [5.74, 6) is 0.492. The van der Waals surface area contributed by atoms with E-state index in [1.807, 2.05) is 13.8 Å². The number of anilines is 1. The molecule has 0 aliphatic carbocycles. The number of aryl methyl sites for hydroxylation is 1. The molecular formula is C19H23FN4OS. The zero-order chi connectivity index (χ0) is 19.1. The van der Waals surface area contributed by atoms with Crippen molar-refractivity contribution >= 4 is 18.3 Å². The first-order chi connectivity index (χ1) is 12.5. The van der Waals surface area contributed by atoms with Gasteiger partial charge in [-0.25, -0.2) is 9.07 Å². The number of nitrogen functional groups attached to an aromatic ring is 1. The number of hydrogen-bond acceptors (Lipinski definition) is 4. The standard InChI is InChI=1S/C17H17FN4O.C2H6S/c1-2-7-21-11-14(4-6-17(21)23)22-10-13(9-20-22)12-3-5-16(19)15(18)8-12;1-2-3/h3-6,8-11H,2,7,19H2,1H3;3H,2H2,1H3. The molecule has 0 unspecified atom stereocenters. The third kappa shape index (κ3) is 4.76. The summed E-state index contributed by atoms with van der Waals surface area (Å²) >= 11 is 3.79. The lowest BCUT2D eigenvalue weighted by Crippen LogP contribution is -2.19. The van der Waals surface area contributed by atoms with Gasteiger partial charge in [0, 0.05) is 30.6 Å². The van der Waals surface area contributed by atoms with E-state index in [4.69, 9.17) is 5.73 Å². The Balaban J connectivity index is 0.000000758. The maximum Gasteiger partial charge on any atom is 0.250 e. The maximum atomic E-state index is 13.6. The minimum atomic E-state index is -0.452. The van der Waals surface area contributed by atoms with E-state index in [9.17, 15) is 9.18 Å². The van der Waals surface area contributed by atoms with Crippen LogP contribution in [-0.4, -0.2) is 20.1 Å². The van der Waals surface area contributed by atoms with Gasteiger partial charge in [0.15, 0.2) is 0 Å². The maximum absolute atomic E-state index is 13.6. The van der Waals surface area contributed by atoms with Crippen LogP contribution in [-0.2, 0) is 6.54 Å². The van der Waals surface area contributed by atoms with Gasteiger partial charge in [0.25, 0.3) is 5.56 Å². The number of rotatable bonds is 4. The Kier molecular flexibility index (Phi) is 7.03. The molecule has 3 rings (SSSR count). The molecule has 0 fully saturated rings. The highest BCUT2D eigenvalue weighted by molar-refractivity contribution is 7.80. The second-order valence-corrected chi connectivity index (χ2v) is 6.28. The number of nitrogens with zero attached hydrogens (tertiary/aromatic N) is 3. The quantitative estimate of drug-likeness (QED) is 0.540. The molecule has 0 bridgehead atoms. The Morgan fingerprint density at radius 2 is 1.88 bits per heavy atom. The minimum Gasteiger partial charge on any atom is -0.396 e. The van der Waals surface area contributed by atoms with Gasteiger partial charge in [-0.05, 0) is 35.9 Å². The van der Waals surface area contributed by atoms with Crippen LogP contribution in [0.15, 0.2) is 53.7 Å². The Morgan fingerprint density at radius 3 is 2.54 bits per heavy atom. The van der Waals surface area contributed by atoms with Gasteiger partial charge in [0.2, 0.25) is 0 Å². The fourth-order valence-corrected chi connectivity index (χ4v) is 2.39. The van der Waals surface area contributed by atoms with E-state index in [1.54, 1.807) is 40.0 Å². The molecule has 2 aromatic heterocycles. The van der Waals surface area contributed by atoms with Gasteiger partial charge >= 0.3 is 0 Å². The average molecular weight is 374 g/mol. The molecule has 0 saturated carbocycles. The lowest BCUT2D eigenvalue weighted by Gasteiger charge is -2.06. The summed E-state index contributed by atoms with van der Waals surface area (Å²) in [4.78, 5) is 11.8. The van der Waals surface area contributed by atoms with Crippen molar-refractivity contribution in [1.82, 2.24) is 14.3 Å². The lowest BCUT2D eigenvalue weighted by atomic mass is 10.1. The topological polar surface area (TPSA) is 65.8 Å². The van der Waals surface area contributed by atoms with Gasteiger partial charge in [-0.1, -0.05) is 19.9 Å². The zero-order valence-electron chi connectivity index (χ0n) is 14.9. The monoisotopic (exact) mass is 374 g/mol. The summed E-state index contributed by atoms with van der Waals surface area (Å²) in [6.07, 6.45) is 6.09. The Labute approximate surface area is 157 Å². The highest BCUT2D eigenvalue weighted by atomic mass is 32.1. The Hall–Kier alpha value is -2.54. The van der Waals surface area contributed by atoms with E-state index in [2.05, 4.69) is 17.7 Å².